The van der Waals surface area contributed by atoms with Gasteiger partial charge in [0.15, 0.2) is 0 Å². The Morgan fingerprint density at radius 2 is 1.58 bits per heavy atom. The van der Waals surface area contributed by atoms with E-state index in [9.17, 15) is 29.3 Å². The van der Waals surface area contributed by atoms with E-state index in [1.165, 1.54) is 48.2 Å². The van der Waals surface area contributed by atoms with Crippen LogP contribution in [0.2, 0.25) is 0 Å². The standard InChI is InChI=1S/C33H29N5O6S/c1-2-29(33(42)36-27-14-7-6-13-26(27)30(34)39)45-25-12-8-11-23(20-25)35-32(41)28(37-31(40)22-9-4-3-5-10-22)19-21-15-17-24(18-16-21)38(43)44/h3-20,29H,2H2,1H3,(H2,34,39)(H,35,41)(H,36,42)(H,37,40)/b28-19+. The largest absolute Gasteiger partial charge is 0.366 e. The Morgan fingerprint density at radius 3 is 2.24 bits per heavy atom. The molecule has 0 spiro atoms. The topological polar surface area (TPSA) is 174 Å². The Labute approximate surface area is 263 Å². The number of carbonyl (C=O) groups is 4. The third kappa shape index (κ3) is 8.88. The van der Waals surface area contributed by atoms with Crippen LogP contribution in [-0.2, 0) is 9.59 Å². The molecule has 0 aliphatic carbocycles. The molecular weight excluding hydrogens is 594 g/mol. The molecule has 4 aromatic carbocycles. The number of nitro groups is 1. The first kappa shape index (κ1) is 32.2. The van der Waals surface area contributed by atoms with Gasteiger partial charge in [0.25, 0.3) is 23.4 Å². The average molecular weight is 624 g/mol. The molecule has 5 N–H and O–H groups in total. The van der Waals surface area contributed by atoms with Gasteiger partial charge in [-0.2, -0.15) is 0 Å². The quantitative estimate of drug-likeness (QED) is 0.0686. The number of nitrogens with one attached hydrogen (secondary N) is 3. The van der Waals surface area contributed by atoms with Gasteiger partial charge < -0.3 is 21.7 Å². The molecule has 4 rings (SSSR count). The Kier molecular flexibility index (Phi) is 10.8. The van der Waals surface area contributed by atoms with E-state index in [-0.39, 0.29) is 22.9 Å². The predicted octanol–water partition coefficient (Wildman–Crippen LogP) is 5.61. The third-order valence-electron chi connectivity index (χ3n) is 6.43. The monoisotopic (exact) mass is 623 g/mol. The maximum Gasteiger partial charge on any atom is 0.272 e. The predicted molar refractivity (Wildman–Crippen MR) is 174 cm³/mol. The highest BCUT2D eigenvalue weighted by Crippen LogP contribution is 2.29. The maximum atomic E-state index is 13.4. The van der Waals surface area contributed by atoms with Gasteiger partial charge in [-0.3, -0.25) is 29.3 Å². The van der Waals surface area contributed by atoms with Crippen molar-refractivity contribution < 1.29 is 24.1 Å². The number of primary amides is 1. The van der Waals surface area contributed by atoms with E-state index >= 15 is 0 Å². The first-order chi connectivity index (χ1) is 21.6. The summed E-state index contributed by atoms with van der Waals surface area (Å²) in [7, 11) is 0. The number of para-hydroxylation sites is 1. The Bertz CT molecular complexity index is 1760. The summed E-state index contributed by atoms with van der Waals surface area (Å²) in [6.45, 7) is 1.85. The maximum absolute atomic E-state index is 13.4. The van der Waals surface area contributed by atoms with Gasteiger partial charge in [-0.1, -0.05) is 43.3 Å². The fraction of sp³-hybridized carbons (Fsp3) is 0.0909. The first-order valence-corrected chi connectivity index (χ1v) is 14.6. The highest BCUT2D eigenvalue weighted by Gasteiger charge is 2.21. The van der Waals surface area contributed by atoms with E-state index in [2.05, 4.69) is 16.0 Å². The molecule has 0 saturated carbocycles. The molecule has 1 atom stereocenters. The lowest BCUT2D eigenvalue weighted by Crippen LogP contribution is -2.30. The molecule has 4 amide bonds. The number of non-ortho nitro benzene ring substituents is 1. The van der Waals surface area contributed by atoms with E-state index < -0.39 is 27.9 Å². The lowest BCUT2D eigenvalue weighted by molar-refractivity contribution is -0.384. The number of amides is 4. The van der Waals surface area contributed by atoms with Gasteiger partial charge in [0.05, 0.1) is 21.4 Å². The zero-order valence-corrected chi connectivity index (χ0v) is 24.9. The van der Waals surface area contributed by atoms with Gasteiger partial charge in [-0.15, -0.1) is 11.8 Å². The summed E-state index contributed by atoms with van der Waals surface area (Å²) in [6, 6.07) is 27.2. The van der Waals surface area contributed by atoms with Gasteiger partial charge in [-0.25, -0.2) is 0 Å². The van der Waals surface area contributed by atoms with Crippen molar-refractivity contribution in [1.82, 2.24) is 5.32 Å². The molecule has 0 radical (unpaired) electrons. The summed E-state index contributed by atoms with van der Waals surface area (Å²) < 4.78 is 0. The SMILES string of the molecule is CCC(Sc1cccc(NC(=O)/C(=C\c2ccc([N+](=O)[O-])cc2)NC(=O)c2ccccc2)c1)C(=O)Nc1ccccc1C(N)=O. The van der Waals surface area contributed by atoms with Gasteiger partial charge in [0, 0.05) is 28.3 Å². The molecule has 228 valence electrons. The second-order valence-electron chi connectivity index (χ2n) is 9.62. The van der Waals surface area contributed by atoms with Crippen LogP contribution in [-0.4, -0.2) is 33.8 Å². The smallest absolute Gasteiger partial charge is 0.272 e. The fourth-order valence-electron chi connectivity index (χ4n) is 4.15. The number of anilines is 2. The normalized spacial score (nSPS) is 11.6. The highest BCUT2D eigenvalue weighted by molar-refractivity contribution is 8.00. The number of rotatable bonds is 12. The molecular formula is C33H29N5O6S. The molecule has 0 heterocycles. The van der Waals surface area contributed by atoms with Crippen LogP contribution in [0, 0.1) is 10.1 Å². The summed E-state index contributed by atoms with van der Waals surface area (Å²) in [5, 5.41) is 18.7. The molecule has 1 unspecified atom stereocenters. The number of benzene rings is 4. The van der Waals surface area contributed by atoms with E-state index in [0.29, 0.717) is 33.8 Å². The molecule has 0 fully saturated rings. The lowest BCUT2D eigenvalue weighted by atomic mass is 10.1. The molecule has 0 aliphatic rings. The molecule has 12 heteroatoms. The molecule has 45 heavy (non-hydrogen) atoms. The summed E-state index contributed by atoms with van der Waals surface area (Å²) in [5.41, 5.74) is 6.95. The van der Waals surface area contributed by atoms with Crippen LogP contribution in [0.15, 0.2) is 114 Å². The van der Waals surface area contributed by atoms with Crippen molar-refractivity contribution in [2.45, 2.75) is 23.5 Å². The number of thioether (sulfide) groups is 1. The molecule has 0 saturated heterocycles. The van der Waals surface area contributed by atoms with Crippen molar-refractivity contribution in [3.05, 3.63) is 136 Å². The Morgan fingerprint density at radius 1 is 0.889 bits per heavy atom. The molecule has 0 bridgehead atoms. The Balaban J connectivity index is 1.52. The minimum atomic E-state index is -0.656. The van der Waals surface area contributed by atoms with Crippen LogP contribution in [0.3, 0.4) is 0 Å². The molecule has 0 aromatic heterocycles. The molecule has 0 aliphatic heterocycles. The number of hydrogen-bond donors (Lipinski definition) is 4. The summed E-state index contributed by atoms with van der Waals surface area (Å²) in [4.78, 5) is 62.4. The van der Waals surface area contributed by atoms with Gasteiger partial charge >= 0.3 is 0 Å². The number of nitro benzene ring substituents is 1. The average Bonchev–Trinajstić information content (AvgIpc) is 3.04. The van der Waals surface area contributed by atoms with Crippen LogP contribution >= 0.6 is 11.8 Å². The van der Waals surface area contributed by atoms with E-state index in [4.69, 9.17) is 5.73 Å². The van der Waals surface area contributed by atoms with Gasteiger partial charge in [0.1, 0.15) is 5.70 Å². The van der Waals surface area contributed by atoms with Gasteiger partial charge in [-0.05, 0) is 72.7 Å². The van der Waals surface area contributed by atoms with Crippen molar-refractivity contribution in [1.29, 1.82) is 0 Å². The van der Waals surface area contributed by atoms with E-state index in [1.807, 2.05) is 6.92 Å². The highest BCUT2D eigenvalue weighted by atomic mass is 32.2. The van der Waals surface area contributed by atoms with Crippen molar-refractivity contribution in [3.63, 3.8) is 0 Å². The van der Waals surface area contributed by atoms with Crippen molar-refractivity contribution >= 4 is 58.5 Å². The van der Waals surface area contributed by atoms with Crippen LogP contribution < -0.4 is 21.7 Å². The second-order valence-corrected chi connectivity index (χ2v) is 10.9. The van der Waals surface area contributed by atoms with Crippen LogP contribution in [0.1, 0.15) is 39.6 Å². The zero-order valence-electron chi connectivity index (χ0n) is 24.1. The summed E-state index contributed by atoms with van der Waals surface area (Å²) in [5.74, 6) is -2.12. The second kappa shape index (κ2) is 15.1. The molecule has 11 nitrogen and oxygen atoms in total. The van der Waals surface area contributed by atoms with Crippen molar-refractivity contribution in [3.8, 4) is 0 Å². The molecule has 4 aromatic rings. The van der Waals surface area contributed by atoms with Crippen molar-refractivity contribution in [2.24, 2.45) is 5.73 Å². The third-order valence-corrected chi connectivity index (χ3v) is 7.79. The number of hydrogen-bond acceptors (Lipinski definition) is 7. The van der Waals surface area contributed by atoms with E-state index in [1.54, 1.807) is 72.8 Å². The number of nitrogens with zero attached hydrogens (tertiary/aromatic N) is 1. The number of nitrogens with two attached hydrogens (primary N) is 1. The summed E-state index contributed by atoms with van der Waals surface area (Å²) >= 11 is 1.28. The Hall–Kier alpha value is -5.75. The van der Waals surface area contributed by atoms with Gasteiger partial charge in [0.2, 0.25) is 5.91 Å². The lowest BCUT2D eigenvalue weighted by Gasteiger charge is -2.17. The zero-order chi connectivity index (χ0) is 32.3. The summed E-state index contributed by atoms with van der Waals surface area (Å²) in [6.07, 6.45) is 1.89. The first-order valence-electron chi connectivity index (χ1n) is 13.7. The minimum Gasteiger partial charge on any atom is -0.366 e. The van der Waals surface area contributed by atoms with E-state index in [0.717, 1.165) is 0 Å². The van der Waals surface area contributed by atoms with Crippen LogP contribution in [0.5, 0.6) is 0 Å². The minimum absolute atomic E-state index is 0.0882. The number of carbonyl (C=O) groups excluding carboxylic acids is 4. The van der Waals surface area contributed by atoms with Crippen molar-refractivity contribution in [2.75, 3.05) is 10.6 Å². The van der Waals surface area contributed by atoms with Crippen LogP contribution in [0.4, 0.5) is 17.1 Å². The van der Waals surface area contributed by atoms with Crippen LogP contribution in [0.25, 0.3) is 6.08 Å². The fourth-order valence-corrected chi connectivity index (χ4v) is 5.17.